The summed E-state index contributed by atoms with van der Waals surface area (Å²) in [6.07, 6.45) is -5.16. The average Bonchev–Trinajstić information content (AvgIpc) is 2.50. The SMILES string of the molecule is CCOC(=O)c1ccc(/C(OS(=O)(=O)C(F)(F)F)=C(/C)C(F)(F)F)c(C)c1. The molecule has 0 unspecified atom stereocenters. The highest BCUT2D eigenvalue weighted by molar-refractivity contribution is 7.87. The predicted octanol–water partition coefficient (Wildman–Crippen LogP) is 4.33. The molecule has 0 spiro atoms. The fourth-order valence-electron chi connectivity index (χ4n) is 1.85. The Bertz CT molecular complexity index is 852. The van der Waals surface area contributed by atoms with Crippen molar-refractivity contribution in [3.05, 3.63) is 40.5 Å². The van der Waals surface area contributed by atoms with Gasteiger partial charge in [0.15, 0.2) is 5.76 Å². The molecule has 0 bridgehead atoms. The first-order valence-corrected chi connectivity index (χ1v) is 8.59. The lowest BCUT2D eigenvalue weighted by molar-refractivity contribution is -0.0920. The second kappa shape index (κ2) is 7.79. The molecule has 0 aromatic heterocycles. The number of rotatable bonds is 5. The highest BCUT2D eigenvalue weighted by Crippen LogP contribution is 2.37. The molecule has 1 aromatic carbocycles. The molecule has 0 atom stereocenters. The van der Waals surface area contributed by atoms with Gasteiger partial charge < -0.3 is 8.92 Å². The van der Waals surface area contributed by atoms with Gasteiger partial charge in [-0.25, -0.2) is 4.79 Å². The summed E-state index contributed by atoms with van der Waals surface area (Å²) in [7, 11) is -6.35. The monoisotopic (exact) mass is 420 g/mol. The largest absolute Gasteiger partial charge is 0.534 e. The Morgan fingerprint density at radius 3 is 2.07 bits per heavy atom. The molecule has 0 saturated carbocycles. The van der Waals surface area contributed by atoms with E-state index in [0.717, 1.165) is 18.2 Å². The van der Waals surface area contributed by atoms with Crippen molar-refractivity contribution in [2.75, 3.05) is 6.61 Å². The van der Waals surface area contributed by atoms with E-state index in [1.807, 2.05) is 0 Å². The first kappa shape index (κ1) is 22.8. The van der Waals surface area contributed by atoms with Crippen LogP contribution in [0.25, 0.3) is 5.76 Å². The molecule has 0 aliphatic heterocycles. The van der Waals surface area contributed by atoms with Crippen LogP contribution in [-0.2, 0) is 19.0 Å². The van der Waals surface area contributed by atoms with Gasteiger partial charge in [0.1, 0.15) is 0 Å². The molecule has 0 aliphatic carbocycles. The van der Waals surface area contributed by atoms with Crippen LogP contribution in [0.4, 0.5) is 26.3 Å². The molecule has 1 rings (SSSR count). The van der Waals surface area contributed by atoms with Crippen molar-refractivity contribution in [3.63, 3.8) is 0 Å². The Labute approximate surface area is 150 Å². The molecule has 0 N–H and O–H groups in total. The lowest BCUT2D eigenvalue weighted by atomic mass is 10.0. The van der Waals surface area contributed by atoms with Crippen molar-refractivity contribution in [2.45, 2.75) is 32.5 Å². The second-order valence-electron chi connectivity index (χ2n) is 5.19. The van der Waals surface area contributed by atoms with Crippen LogP contribution in [0.15, 0.2) is 23.8 Å². The van der Waals surface area contributed by atoms with Crippen LogP contribution < -0.4 is 0 Å². The number of hydrogen-bond acceptors (Lipinski definition) is 5. The normalized spacial score (nSPS) is 13.8. The summed E-state index contributed by atoms with van der Waals surface area (Å²) in [5.41, 5.74) is -8.41. The third-order valence-corrected chi connectivity index (χ3v) is 4.18. The number of hydrogen-bond donors (Lipinski definition) is 0. The number of aryl methyl sites for hydroxylation is 1. The fourth-order valence-corrected chi connectivity index (χ4v) is 2.38. The van der Waals surface area contributed by atoms with Crippen molar-refractivity contribution in [1.82, 2.24) is 0 Å². The van der Waals surface area contributed by atoms with E-state index in [9.17, 15) is 39.6 Å². The second-order valence-corrected chi connectivity index (χ2v) is 6.72. The Hall–Kier alpha value is -2.24. The summed E-state index contributed by atoms with van der Waals surface area (Å²) in [6, 6.07) is 2.87. The lowest BCUT2D eigenvalue weighted by Crippen LogP contribution is -2.26. The summed E-state index contributed by atoms with van der Waals surface area (Å²) < 4.78 is 108. The van der Waals surface area contributed by atoms with Gasteiger partial charge in [0, 0.05) is 5.56 Å². The quantitative estimate of drug-likeness (QED) is 0.233. The Morgan fingerprint density at radius 1 is 1.11 bits per heavy atom. The van der Waals surface area contributed by atoms with Gasteiger partial charge in [0.25, 0.3) is 0 Å². The number of allylic oxidation sites excluding steroid dienone is 1. The van der Waals surface area contributed by atoms with E-state index >= 15 is 0 Å². The highest BCUT2D eigenvalue weighted by Gasteiger charge is 2.50. The maximum atomic E-state index is 13.0. The summed E-state index contributed by atoms with van der Waals surface area (Å²) in [4.78, 5) is 11.6. The number of halogens is 6. The molecule has 0 fully saturated rings. The van der Waals surface area contributed by atoms with Crippen LogP contribution in [0.1, 0.15) is 35.3 Å². The number of alkyl halides is 6. The third-order valence-electron chi connectivity index (χ3n) is 3.22. The van der Waals surface area contributed by atoms with Crippen molar-refractivity contribution < 1.29 is 48.5 Å². The fraction of sp³-hybridized carbons (Fsp3) is 0.400. The molecule has 1 aromatic rings. The van der Waals surface area contributed by atoms with Gasteiger partial charge in [-0.2, -0.15) is 34.8 Å². The van der Waals surface area contributed by atoms with Crippen molar-refractivity contribution >= 4 is 21.8 Å². The van der Waals surface area contributed by atoms with Crippen LogP contribution in [0.2, 0.25) is 0 Å². The topological polar surface area (TPSA) is 69.7 Å². The molecule has 12 heteroatoms. The number of carbonyl (C=O) groups is 1. The Balaban J connectivity index is 3.58. The van der Waals surface area contributed by atoms with E-state index in [1.54, 1.807) is 0 Å². The summed E-state index contributed by atoms with van der Waals surface area (Å²) in [5, 5.41) is 0. The minimum Gasteiger partial charge on any atom is -0.462 e. The van der Waals surface area contributed by atoms with E-state index in [4.69, 9.17) is 4.74 Å². The summed E-state index contributed by atoms with van der Waals surface area (Å²) in [5.74, 6) is -2.35. The van der Waals surface area contributed by atoms with Crippen molar-refractivity contribution in [1.29, 1.82) is 0 Å². The molecule has 27 heavy (non-hydrogen) atoms. The van der Waals surface area contributed by atoms with Gasteiger partial charge >= 0.3 is 27.8 Å². The van der Waals surface area contributed by atoms with Crippen molar-refractivity contribution in [2.24, 2.45) is 0 Å². The predicted molar refractivity (Wildman–Crippen MR) is 81.8 cm³/mol. The first-order valence-electron chi connectivity index (χ1n) is 7.18. The highest BCUT2D eigenvalue weighted by atomic mass is 32.2. The third kappa shape index (κ3) is 5.37. The molecule has 0 aliphatic rings. The standard InChI is InChI=1S/C15H14F6O5S/c1-4-25-13(22)10-5-6-11(8(2)7-10)12(9(3)14(16,17)18)26-27(23,24)15(19,20)21/h5-7H,4H2,1-3H3/b12-9+. The maximum Gasteiger partial charge on any atom is 0.534 e. The van der Waals surface area contributed by atoms with Crippen LogP contribution in [-0.4, -0.2) is 32.7 Å². The minimum atomic E-state index is -6.35. The number of benzene rings is 1. The van der Waals surface area contributed by atoms with Crippen LogP contribution in [0.3, 0.4) is 0 Å². The molecule has 0 heterocycles. The molecule has 0 radical (unpaired) electrons. The van der Waals surface area contributed by atoms with Gasteiger partial charge in [0.05, 0.1) is 17.7 Å². The summed E-state index contributed by atoms with van der Waals surface area (Å²) >= 11 is 0. The molecule has 5 nitrogen and oxygen atoms in total. The van der Waals surface area contributed by atoms with E-state index in [0.29, 0.717) is 6.92 Å². The maximum absolute atomic E-state index is 13.0. The molecular weight excluding hydrogens is 406 g/mol. The first-order chi connectivity index (χ1) is 12.1. The van der Waals surface area contributed by atoms with Crippen LogP contribution in [0, 0.1) is 6.92 Å². The smallest absolute Gasteiger partial charge is 0.462 e. The van der Waals surface area contributed by atoms with Gasteiger partial charge in [-0.05, 0) is 38.5 Å². The molecule has 152 valence electrons. The zero-order chi connectivity index (χ0) is 21.2. The number of ether oxygens (including phenoxy) is 1. The van der Waals surface area contributed by atoms with Crippen LogP contribution in [0.5, 0.6) is 0 Å². The molecular formula is C15H14F6O5S. The minimum absolute atomic E-state index is 0.0188. The number of carbonyl (C=O) groups excluding carboxylic acids is 1. The van der Waals surface area contributed by atoms with Gasteiger partial charge in [-0.1, -0.05) is 6.07 Å². The molecule has 0 saturated heterocycles. The lowest BCUT2D eigenvalue weighted by Gasteiger charge is -2.18. The zero-order valence-corrected chi connectivity index (χ0v) is 15.0. The van der Waals surface area contributed by atoms with E-state index in [1.165, 1.54) is 13.8 Å². The molecule has 0 amide bonds. The van der Waals surface area contributed by atoms with E-state index in [2.05, 4.69) is 4.18 Å². The average molecular weight is 420 g/mol. The van der Waals surface area contributed by atoms with Gasteiger partial charge in [0.2, 0.25) is 0 Å². The van der Waals surface area contributed by atoms with E-state index < -0.39 is 44.7 Å². The zero-order valence-electron chi connectivity index (χ0n) is 14.2. The summed E-state index contributed by atoms with van der Waals surface area (Å²) in [6.45, 7) is 3.08. The van der Waals surface area contributed by atoms with Crippen molar-refractivity contribution in [3.8, 4) is 0 Å². The Kier molecular flexibility index (Phi) is 6.57. The Morgan fingerprint density at radius 2 is 1.67 bits per heavy atom. The number of esters is 1. The van der Waals surface area contributed by atoms with Crippen LogP contribution >= 0.6 is 0 Å². The van der Waals surface area contributed by atoms with Gasteiger partial charge in [-0.3, -0.25) is 0 Å². The van der Waals surface area contributed by atoms with E-state index in [-0.39, 0.29) is 17.7 Å². The van der Waals surface area contributed by atoms with Gasteiger partial charge in [-0.15, -0.1) is 0 Å².